The minimum atomic E-state index is -4.71. The monoisotopic (exact) mass is 472 g/mol. The Labute approximate surface area is 191 Å². The number of methoxy groups -OCH3 is 1. The molecule has 0 aliphatic rings. The summed E-state index contributed by atoms with van der Waals surface area (Å²) in [6.07, 6.45) is -5.11. The van der Waals surface area contributed by atoms with E-state index in [0.717, 1.165) is 5.39 Å². The first-order chi connectivity index (χ1) is 16.2. The number of hydrogen-bond donors (Lipinski definition) is 1. The summed E-state index contributed by atoms with van der Waals surface area (Å²) in [6.45, 7) is 1.95. The zero-order valence-corrected chi connectivity index (χ0v) is 18.1. The summed E-state index contributed by atoms with van der Waals surface area (Å²) >= 11 is 0. The largest absolute Gasteiger partial charge is 0.496 e. The van der Waals surface area contributed by atoms with Gasteiger partial charge in [-0.2, -0.15) is 18.2 Å². The quantitative estimate of drug-likeness (QED) is 0.423. The molecule has 0 aliphatic heterocycles. The normalized spacial score (nSPS) is 12.4. The molecule has 0 saturated heterocycles. The molecule has 1 atom stereocenters. The van der Waals surface area contributed by atoms with Crippen LogP contribution in [0.15, 0.2) is 59.1 Å². The SMILES string of the molecule is COc1cc(C(=O)NC[C@@H](C)Oc2ccc(-c3noc(C(F)(F)F)n3)cc2)nc2ccccc12. The maximum absolute atomic E-state index is 12.6. The molecule has 4 aromatic rings. The highest BCUT2D eigenvalue weighted by Gasteiger charge is 2.38. The van der Waals surface area contributed by atoms with Crippen LogP contribution in [0.3, 0.4) is 0 Å². The fourth-order valence-corrected chi connectivity index (χ4v) is 3.17. The number of pyridine rings is 1. The van der Waals surface area contributed by atoms with Crippen LogP contribution in [0.5, 0.6) is 11.5 Å². The van der Waals surface area contributed by atoms with Crippen LogP contribution in [0.25, 0.3) is 22.3 Å². The number of fused-ring (bicyclic) bond motifs is 1. The summed E-state index contributed by atoms with van der Waals surface area (Å²) < 4.78 is 53.2. The van der Waals surface area contributed by atoms with Crippen molar-refractivity contribution in [2.75, 3.05) is 13.7 Å². The summed E-state index contributed by atoms with van der Waals surface area (Å²) in [6, 6.07) is 15.1. The van der Waals surface area contributed by atoms with Gasteiger partial charge in [-0.05, 0) is 43.3 Å². The molecule has 0 fully saturated rings. The third-order valence-corrected chi connectivity index (χ3v) is 4.80. The second-order valence-electron chi connectivity index (χ2n) is 7.31. The maximum atomic E-state index is 12.6. The molecule has 2 aromatic carbocycles. The zero-order chi connectivity index (χ0) is 24.3. The van der Waals surface area contributed by atoms with Gasteiger partial charge < -0.3 is 19.3 Å². The van der Waals surface area contributed by atoms with E-state index in [2.05, 4.69) is 25.0 Å². The Morgan fingerprint density at radius 1 is 1.12 bits per heavy atom. The highest BCUT2D eigenvalue weighted by Crippen LogP contribution is 2.30. The number of para-hydroxylation sites is 1. The Morgan fingerprint density at radius 3 is 2.53 bits per heavy atom. The number of carbonyl (C=O) groups is 1. The zero-order valence-electron chi connectivity index (χ0n) is 18.1. The molecule has 2 heterocycles. The van der Waals surface area contributed by atoms with Crippen molar-refractivity contribution >= 4 is 16.8 Å². The van der Waals surface area contributed by atoms with E-state index in [1.165, 1.54) is 19.2 Å². The number of ether oxygens (including phenoxy) is 2. The third-order valence-electron chi connectivity index (χ3n) is 4.80. The number of halogens is 3. The van der Waals surface area contributed by atoms with Gasteiger partial charge in [0.25, 0.3) is 5.91 Å². The molecule has 4 rings (SSSR count). The van der Waals surface area contributed by atoms with Gasteiger partial charge in [0.05, 0.1) is 19.2 Å². The van der Waals surface area contributed by atoms with Crippen LogP contribution in [0.4, 0.5) is 13.2 Å². The Kier molecular flexibility index (Phi) is 6.35. The van der Waals surface area contributed by atoms with Gasteiger partial charge in [0, 0.05) is 17.0 Å². The fraction of sp³-hybridized carbons (Fsp3) is 0.217. The first-order valence-electron chi connectivity index (χ1n) is 10.1. The van der Waals surface area contributed by atoms with Crippen molar-refractivity contribution in [3.05, 3.63) is 66.2 Å². The first kappa shape index (κ1) is 23.0. The van der Waals surface area contributed by atoms with E-state index < -0.39 is 18.2 Å². The van der Waals surface area contributed by atoms with Crippen molar-refractivity contribution in [1.82, 2.24) is 20.4 Å². The van der Waals surface area contributed by atoms with Gasteiger partial charge in [-0.15, -0.1) is 0 Å². The van der Waals surface area contributed by atoms with E-state index >= 15 is 0 Å². The van der Waals surface area contributed by atoms with Gasteiger partial charge in [0.1, 0.15) is 23.3 Å². The molecule has 0 aliphatic carbocycles. The minimum absolute atomic E-state index is 0.183. The molecular formula is C23H19F3N4O4. The summed E-state index contributed by atoms with van der Waals surface area (Å²) in [5, 5.41) is 6.91. The third kappa shape index (κ3) is 5.08. The summed E-state index contributed by atoms with van der Waals surface area (Å²) in [5.74, 6) is -0.977. The number of rotatable bonds is 7. The van der Waals surface area contributed by atoms with E-state index in [1.807, 2.05) is 18.2 Å². The van der Waals surface area contributed by atoms with Gasteiger partial charge in [0.15, 0.2) is 0 Å². The van der Waals surface area contributed by atoms with E-state index in [-0.39, 0.29) is 24.0 Å². The number of carbonyl (C=O) groups excluding carboxylic acids is 1. The average Bonchev–Trinajstić information content (AvgIpc) is 3.33. The van der Waals surface area contributed by atoms with Crippen molar-refractivity contribution in [3.8, 4) is 22.9 Å². The molecule has 0 spiro atoms. The van der Waals surface area contributed by atoms with E-state index in [4.69, 9.17) is 9.47 Å². The molecule has 1 amide bonds. The maximum Gasteiger partial charge on any atom is 0.471 e. The van der Waals surface area contributed by atoms with Crippen molar-refractivity contribution < 1.29 is 32.0 Å². The Morgan fingerprint density at radius 2 is 1.85 bits per heavy atom. The number of nitrogens with zero attached hydrogens (tertiary/aromatic N) is 3. The van der Waals surface area contributed by atoms with Crippen LogP contribution in [0.1, 0.15) is 23.3 Å². The van der Waals surface area contributed by atoms with E-state index in [0.29, 0.717) is 22.6 Å². The molecule has 0 saturated carbocycles. The molecule has 2 aromatic heterocycles. The lowest BCUT2D eigenvalue weighted by molar-refractivity contribution is -0.159. The van der Waals surface area contributed by atoms with Gasteiger partial charge in [-0.1, -0.05) is 17.3 Å². The predicted molar refractivity (Wildman–Crippen MR) is 115 cm³/mol. The number of nitrogens with one attached hydrogen (secondary N) is 1. The average molecular weight is 472 g/mol. The molecule has 11 heteroatoms. The van der Waals surface area contributed by atoms with Gasteiger partial charge in [-0.25, -0.2) is 4.98 Å². The Hall–Kier alpha value is -4.15. The van der Waals surface area contributed by atoms with Crippen LogP contribution in [0, 0.1) is 0 Å². The van der Waals surface area contributed by atoms with Crippen LogP contribution >= 0.6 is 0 Å². The van der Waals surface area contributed by atoms with Crippen molar-refractivity contribution in [2.45, 2.75) is 19.2 Å². The topological polar surface area (TPSA) is 99.4 Å². The van der Waals surface area contributed by atoms with Crippen molar-refractivity contribution in [1.29, 1.82) is 0 Å². The number of amides is 1. The highest BCUT2D eigenvalue weighted by atomic mass is 19.4. The number of aromatic nitrogens is 3. The smallest absolute Gasteiger partial charge is 0.471 e. The van der Waals surface area contributed by atoms with Crippen LogP contribution in [-0.4, -0.2) is 40.8 Å². The molecule has 1 N–H and O–H groups in total. The number of alkyl halides is 3. The van der Waals surface area contributed by atoms with Crippen LogP contribution in [-0.2, 0) is 6.18 Å². The second-order valence-corrected chi connectivity index (χ2v) is 7.31. The van der Waals surface area contributed by atoms with Crippen molar-refractivity contribution in [3.63, 3.8) is 0 Å². The number of benzene rings is 2. The molecule has 34 heavy (non-hydrogen) atoms. The van der Waals surface area contributed by atoms with Gasteiger partial charge in [-0.3, -0.25) is 4.79 Å². The molecule has 0 unspecified atom stereocenters. The molecular weight excluding hydrogens is 453 g/mol. The predicted octanol–water partition coefficient (Wildman–Crippen LogP) is 4.51. The molecule has 0 radical (unpaired) electrons. The lowest BCUT2D eigenvalue weighted by Crippen LogP contribution is -2.34. The van der Waals surface area contributed by atoms with Crippen LogP contribution < -0.4 is 14.8 Å². The van der Waals surface area contributed by atoms with Gasteiger partial charge in [0.2, 0.25) is 5.82 Å². The molecule has 8 nitrogen and oxygen atoms in total. The van der Waals surface area contributed by atoms with Crippen LogP contribution in [0.2, 0.25) is 0 Å². The van der Waals surface area contributed by atoms with Crippen molar-refractivity contribution in [2.24, 2.45) is 0 Å². The summed E-state index contributed by atoms with van der Waals surface area (Å²) in [7, 11) is 1.53. The Bertz CT molecular complexity index is 1310. The fourth-order valence-electron chi connectivity index (χ4n) is 3.17. The summed E-state index contributed by atoms with van der Waals surface area (Å²) in [4.78, 5) is 20.3. The summed E-state index contributed by atoms with van der Waals surface area (Å²) in [5.41, 5.74) is 1.19. The molecule has 0 bridgehead atoms. The van der Waals surface area contributed by atoms with Gasteiger partial charge >= 0.3 is 12.1 Å². The second kappa shape index (κ2) is 9.38. The standard InChI is InChI=1S/C23H19F3N4O4/c1-13(12-27-21(31)18-11-19(32-2)16-5-3-4-6-17(16)28-18)33-15-9-7-14(8-10-15)20-29-22(34-30-20)23(24,25)26/h3-11,13H,12H2,1-2H3,(H,27,31)/t13-/m1/s1. The number of hydrogen-bond acceptors (Lipinski definition) is 7. The Balaban J connectivity index is 1.36. The highest BCUT2D eigenvalue weighted by molar-refractivity contribution is 5.97. The molecule has 176 valence electrons. The lowest BCUT2D eigenvalue weighted by atomic mass is 10.1. The first-order valence-corrected chi connectivity index (χ1v) is 10.1. The van der Waals surface area contributed by atoms with E-state index in [9.17, 15) is 18.0 Å². The minimum Gasteiger partial charge on any atom is -0.496 e. The van der Waals surface area contributed by atoms with E-state index in [1.54, 1.807) is 31.2 Å². The lowest BCUT2D eigenvalue weighted by Gasteiger charge is -2.16.